The van der Waals surface area contributed by atoms with Crippen molar-refractivity contribution in [2.75, 3.05) is 17.2 Å². The second kappa shape index (κ2) is 5.86. The van der Waals surface area contributed by atoms with E-state index >= 15 is 0 Å². The van der Waals surface area contributed by atoms with Crippen LogP contribution in [0.3, 0.4) is 0 Å². The van der Waals surface area contributed by atoms with Gasteiger partial charge in [0.25, 0.3) is 0 Å². The van der Waals surface area contributed by atoms with Gasteiger partial charge >= 0.3 is 5.97 Å². The SMILES string of the molecule is CC(C)[C@H](Nc1cc(NCC2CC2)ncn1)C(=O)O. The van der Waals surface area contributed by atoms with E-state index in [1.54, 1.807) is 6.07 Å². The van der Waals surface area contributed by atoms with Gasteiger partial charge in [0.2, 0.25) is 0 Å². The molecule has 6 heteroatoms. The molecule has 2 rings (SSSR count). The van der Waals surface area contributed by atoms with Crippen LogP contribution < -0.4 is 10.6 Å². The summed E-state index contributed by atoms with van der Waals surface area (Å²) < 4.78 is 0. The van der Waals surface area contributed by atoms with Crippen molar-refractivity contribution in [1.29, 1.82) is 0 Å². The molecule has 19 heavy (non-hydrogen) atoms. The Labute approximate surface area is 112 Å². The lowest BCUT2D eigenvalue weighted by Gasteiger charge is -2.18. The molecular formula is C13H20N4O2. The highest BCUT2D eigenvalue weighted by molar-refractivity contribution is 5.77. The molecular weight excluding hydrogens is 244 g/mol. The Morgan fingerprint density at radius 2 is 2.11 bits per heavy atom. The van der Waals surface area contributed by atoms with Crippen LogP contribution in [0.1, 0.15) is 26.7 Å². The molecule has 6 nitrogen and oxygen atoms in total. The Balaban J connectivity index is 1.98. The molecule has 1 aliphatic rings. The van der Waals surface area contributed by atoms with Gasteiger partial charge in [-0.2, -0.15) is 0 Å². The minimum absolute atomic E-state index is 0.0182. The lowest BCUT2D eigenvalue weighted by atomic mass is 10.1. The third kappa shape index (κ3) is 4.08. The van der Waals surface area contributed by atoms with Gasteiger partial charge in [-0.1, -0.05) is 13.8 Å². The zero-order valence-electron chi connectivity index (χ0n) is 11.3. The number of nitrogens with one attached hydrogen (secondary N) is 2. The minimum atomic E-state index is -0.874. The van der Waals surface area contributed by atoms with E-state index in [-0.39, 0.29) is 5.92 Å². The third-order valence-electron chi connectivity index (χ3n) is 3.17. The van der Waals surface area contributed by atoms with Crippen LogP contribution in [-0.2, 0) is 4.79 Å². The Hall–Kier alpha value is -1.85. The summed E-state index contributed by atoms with van der Waals surface area (Å²) in [5.41, 5.74) is 0. The zero-order chi connectivity index (χ0) is 13.8. The molecule has 1 saturated carbocycles. The fraction of sp³-hybridized carbons (Fsp3) is 0.615. The van der Waals surface area contributed by atoms with Gasteiger partial charge in [0.15, 0.2) is 0 Å². The first-order chi connectivity index (χ1) is 9.06. The predicted octanol–water partition coefficient (Wildman–Crippen LogP) is 1.82. The van der Waals surface area contributed by atoms with Crippen LogP contribution >= 0.6 is 0 Å². The first kappa shape index (κ1) is 13.6. The fourth-order valence-electron chi connectivity index (χ4n) is 1.78. The summed E-state index contributed by atoms with van der Waals surface area (Å²) in [7, 11) is 0. The Kier molecular flexibility index (Phi) is 4.19. The number of hydrogen-bond acceptors (Lipinski definition) is 5. The van der Waals surface area contributed by atoms with Gasteiger partial charge < -0.3 is 15.7 Å². The van der Waals surface area contributed by atoms with Gasteiger partial charge in [-0.3, -0.25) is 0 Å². The summed E-state index contributed by atoms with van der Waals surface area (Å²) in [6, 6.07) is 1.10. The van der Waals surface area contributed by atoms with E-state index in [1.165, 1.54) is 19.2 Å². The topological polar surface area (TPSA) is 87.1 Å². The van der Waals surface area contributed by atoms with Crippen LogP contribution in [0.5, 0.6) is 0 Å². The van der Waals surface area contributed by atoms with Gasteiger partial charge in [-0.25, -0.2) is 14.8 Å². The minimum Gasteiger partial charge on any atom is -0.480 e. The Morgan fingerprint density at radius 1 is 1.42 bits per heavy atom. The van der Waals surface area contributed by atoms with E-state index in [0.717, 1.165) is 18.3 Å². The average Bonchev–Trinajstić information content (AvgIpc) is 3.17. The van der Waals surface area contributed by atoms with Crippen molar-refractivity contribution >= 4 is 17.6 Å². The molecule has 0 aromatic carbocycles. The van der Waals surface area contributed by atoms with Crippen LogP contribution in [0.4, 0.5) is 11.6 Å². The van der Waals surface area contributed by atoms with Crippen LogP contribution in [0, 0.1) is 11.8 Å². The molecule has 0 amide bonds. The van der Waals surface area contributed by atoms with Crippen molar-refractivity contribution in [3.8, 4) is 0 Å². The molecule has 3 N–H and O–H groups in total. The van der Waals surface area contributed by atoms with E-state index in [1.807, 2.05) is 13.8 Å². The van der Waals surface area contributed by atoms with Gasteiger partial charge in [-0.05, 0) is 24.7 Å². The number of aromatic nitrogens is 2. The molecule has 0 radical (unpaired) electrons. The zero-order valence-corrected chi connectivity index (χ0v) is 11.3. The number of rotatable bonds is 7. The molecule has 1 aromatic rings. The van der Waals surface area contributed by atoms with Gasteiger partial charge in [0, 0.05) is 12.6 Å². The predicted molar refractivity (Wildman–Crippen MR) is 73.1 cm³/mol. The number of carboxylic acid groups (broad SMARTS) is 1. The number of nitrogens with zero attached hydrogens (tertiary/aromatic N) is 2. The highest BCUT2D eigenvalue weighted by atomic mass is 16.4. The average molecular weight is 264 g/mol. The highest BCUT2D eigenvalue weighted by Gasteiger charge is 2.22. The highest BCUT2D eigenvalue weighted by Crippen LogP contribution is 2.28. The summed E-state index contributed by atoms with van der Waals surface area (Å²) in [4.78, 5) is 19.3. The molecule has 0 unspecified atom stereocenters. The largest absolute Gasteiger partial charge is 0.480 e. The molecule has 1 heterocycles. The molecule has 1 aromatic heterocycles. The molecule has 0 bridgehead atoms. The first-order valence-electron chi connectivity index (χ1n) is 6.61. The summed E-state index contributed by atoms with van der Waals surface area (Å²) in [5.74, 6) is 1.14. The number of anilines is 2. The molecule has 0 saturated heterocycles. The number of hydrogen-bond donors (Lipinski definition) is 3. The maximum atomic E-state index is 11.1. The molecule has 0 spiro atoms. The van der Waals surface area contributed by atoms with Crippen molar-refractivity contribution in [2.24, 2.45) is 11.8 Å². The molecule has 1 aliphatic carbocycles. The summed E-state index contributed by atoms with van der Waals surface area (Å²) in [5, 5.41) is 15.3. The van der Waals surface area contributed by atoms with Crippen molar-refractivity contribution < 1.29 is 9.90 Å². The number of carbonyl (C=O) groups is 1. The van der Waals surface area contributed by atoms with E-state index in [9.17, 15) is 4.79 Å². The molecule has 1 atom stereocenters. The Morgan fingerprint density at radius 3 is 2.68 bits per heavy atom. The van der Waals surface area contributed by atoms with E-state index in [4.69, 9.17) is 5.11 Å². The van der Waals surface area contributed by atoms with Crippen LogP contribution in [0.25, 0.3) is 0 Å². The van der Waals surface area contributed by atoms with Crippen LogP contribution in [-0.4, -0.2) is 33.6 Å². The maximum absolute atomic E-state index is 11.1. The lowest BCUT2D eigenvalue weighted by molar-refractivity contribution is -0.138. The molecule has 0 aliphatic heterocycles. The standard InChI is InChI=1S/C13H20N4O2/c1-8(2)12(13(18)19)17-11-5-10(15-7-16-11)14-6-9-3-4-9/h5,7-9,12H,3-4,6H2,1-2H3,(H,18,19)(H2,14,15,16,17)/t12-/m0/s1. The monoisotopic (exact) mass is 264 g/mol. The Bertz CT molecular complexity index is 446. The normalized spacial score (nSPS) is 16.2. The molecule has 1 fully saturated rings. The number of aliphatic carboxylic acids is 1. The fourth-order valence-corrected chi connectivity index (χ4v) is 1.78. The third-order valence-corrected chi connectivity index (χ3v) is 3.17. The smallest absolute Gasteiger partial charge is 0.326 e. The second-order valence-electron chi connectivity index (χ2n) is 5.32. The lowest BCUT2D eigenvalue weighted by Crippen LogP contribution is -2.34. The first-order valence-corrected chi connectivity index (χ1v) is 6.61. The van der Waals surface area contributed by atoms with E-state index in [2.05, 4.69) is 20.6 Å². The van der Waals surface area contributed by atoms with Gasteiger partial charge in [0.1, 0.15) is 24.0 Å². The van der Waals surface area contributed by atoms with Crippen molar-refractivity contribution in [3.63, 3.8) is 0 Å². The van der Waals surface area contributed by atoms with Crippen molar-refractivity contribution in [1.82, 2.24) is 9.97 Å². The quantitative estimate of drug-likeness (QED) is 0.696. The summed E-state index contributed by atoms with van der Waals surface area (Å²) >= 11 is 0. The van der Waals surface area contributed by atoms with E-state index < -0.39 is 12.0 Å². The summed E-state index contributed by atoms with van der Waals surface area (Å²) in [6.45, 7) is 4.64. The van der Waals surface area contributed by atoms with Crippen LogP contribution in [0.15, 0.2) is 12.4 Å². The summed E-state index contributed by atoms with van der Waals surface area (Å²) in [6.07, 6.45) is 3.99. The van der Waals surface area contributed by atoms with Gasteiger partial charge in [0.05, 0.1) is 0 Å². The van der Waals surface area contributed by atoms with Gasteiger partial charge in [-0.15, -0.1) is 0 Å². The number of carboxylic acids is 1. The van der Waals surface area contributed by atoms with Crippen molar-refractivity contribution in [3.05, 3.63) is 12.4 Å². The van der Waals surface area contributed by atoms with Crippen molar-refractivity contribution in [2.45, 2.75) is 32.7 Å². The van der Waals surface area contributed by atoms with E-state index in [0.29, 0.717) is 5.82 Å². The second-order valence-corrected chi connectivity index (χ2v) is 5.32. The van der Waals surface area contributed by atoms with Crippen LogP contribution in [0.2, 0.25) is 0 Å². The maximum Gasteiger partial charge on any atom is 0.326 e. The molecule has 104 valence electrons.